The molecule has 1 amide bonds. The Bertz CT molecular complexity index is 1370. The van der Waals surface area contributed by atoms with Crippen LogP contribution >= 0.6 is 0 Å². The van der Waals surface area contributed by atoms with Gasteiger partial charge in [0.15, 0.2) is 5.03 Å². The monoisotopic (exact) mass is 508 g/mol. The van der Waals surface area contributed by atoms with Crippen LogP contribution in [0.1, 0.15) is 37.6 Å². The minimum absolute atomic E-state index is 0.201. The third kappa shape index (κ3) is 5.43. The fraction of sp³-hybridized carbons (Fsp3) is 0.346. The number of anilines is 4. The number of nitrogens with zero attached hydrogens (tertiary/aromatic N) is 4. The molecular formula is C26H32N6O3S. The number of amides is 1. The third-order valence-corrected chi connectivity index (χ3v) is 7.45. The van der Waals surface area contributed by atoms with E-state index in [0.717, 1.165) is 24.3 Å². The Morgan fingerprint density at radius 1 is 1.11 bits per heavy atom. The molecular weight excluding hydrogens is 476 g/mol. The highest BCUT2D eigenvalue weighted by molar-refractivity contribution is 7.90. The average molecular weight is 509 g/mol. The van der Waals surface area contributed by atoms with Crippen LogP contribution in [0.2, 0.25) is 0 Å². The molecule has 190 valence electrons. The largest absolute Gasteiger partial charge is 0.378 e. The molecule has 3 aromatic rings. The summed E-state index contributed by atoms with van der Waals surface area (Å²) < 4.78 is 28.4. The topological polar surface area (TPSA) is 108 Å². The normalized spacial score (nSPS) is 17.0. The van der Waals surface area contributed by atoms with Crippen LogP contribution < -0.4 is 19.8 Å². The second kappa shape index (κ2) is 9.77. The summed E-state index contributed by atoms with van der Waals surface area (Å²) in [5.41, 5.74) is 1.75. The predicted molar refractivity (Wildman–Crippen MR) is 142 cm³/mol. The van der Waals surface area contributed by atoms with Crippen molar-refractivity contribution in [1.82, 2.24) is 14.7 Å². The van der Waals surface area contributed by atoms with E-state index in [1.165, 1.54) is 6.07 Å². The molecule has 3 heterocycles. The molecule has 1 aromatic carbocycles. The Hall–Kier alpha value is -3.66. The number of benzene rings is 1. The zero-order chi connectivity index (χ0) is 26.1. The summed E-state index contributed by atoms with van der Waals surface area (Å²) in [5.74, 6) is 0.506. The molecule has 0 saturated carbocycles. The fourth-order valence-electron chi connectivity index (χ4n) is 4.62. The van der Waals surface area contributed by atoms with Gasteiger partial charge in [-0.15, -0.1) is 0 Å². The van der Waals surface area contributed by atoms with Crippen LogP contribution in [0.3, 0.4) is 0 Å². The molecule has 10 heteroatoms. The first-order chi connectivity index (χ1) is 17.0. The number of carbonyl (C=O) groups excluding carboxylic acids is 1. The molecule has 2 aromatic heterocycles. The first-order valence-electron chi connectivity index (χ1n) is 11.8. The van der Waals surface area contributed by atoms with Crippen LogP contribution in [0.25, 0.3) is 0 Å². The predicted octanol–water partition coefficient (Wildman–Crippen LogP) is 4.03. The number of nitrogens with one attached hydrogen (secondary N) is 2. The maximum atomic E-state index is 13.2. The van der Waals surface area contributed by atoms with Crippen LogP contribution in [-0.2, 0) is 10.0 Å². The van der Waals surface area contributed by atoms with Gasteiger partial charge in [0, 0.05) is 43.8 Å². The van der Waals surface area contributed by atoms with E-state index in [-0.39, 0.29) is 16.1 Å². The Balaban J connectivity index is 1.56. The Labute approximate surface area is 212 Å². The van der Waals surface area contributed by atoms with Gasteiger partial charge in [-0.05, 0) is 68.7 Å². The molecule has 1 atom stereocenters. The summed E-state index contributed by atoms with van der Waals surface area (Å²) in [7, 11) is -0.356. The van der Waals surface area contributed by atoms with Crippen molar-refractivity contribution in [2.45, 2.75) is 37.8 Å². The molecule has 36 heavy (non-hydrogen) atoms. The van der Waals surface area contributed by atoms with Gasteiger partial charge in [-0.25, -0.2) is 14.7 Å². The molecule has 1 unspecified atom stereocenters. The van der Waals surface area contributed by atoms with Gasteiger partial charge in [0.05, 0.1) is 5.56 Å². The summed E-state index contributed by atoms with van der Waals surface area (Å²) in [6, 6.07) is 15.5. The van der Waals surface area contributed by atoms with E-state index < -0.39 is 15.9 Å². The highest BCUT2D eigenvalue weighted by Crippen LogP contribution is 2.37. The highest BCUT2D eigenvalue weighted by atomic mass is 32.2. The van der Waals surface area contributed by atoms with Crippen LogP contribution in [0.4, 0.5) is 23.0 Å². The van der Waals surface area contributed by atoms with E-state index in [0.29, 0.717) is 17.6 Å². The fourth-order valence-corrected chi connectivity index (χ4v) is 5.56. The van der Waals surface area contributed by atoms with Crippen LogP contribution in [0.15, 0.2) is 65.8 Å². The van der Waals surface area contributed by atoms with Gasteiger partial charge >= 0.3 is 0 Å². The molecule has 1 saturated heterocycles. The molecule has 0 radical (unpaired) electrons. The summed E-state index contributed by atoms with van der Waals surface area (Å²) in [5, 5.41) is 2.87. The first kappa shape index (κ1) is 25.4. The van der Waals surface area contributed by atoms with Crippen molar-refractivity contribution >= 4 is 38.9 Å². The number of aromatic nitrogens is 2. The van der Waals surface area contributed by atoms with Crippen molar-refractivity contribution in [3.63, 3.8) is 0 Å². The standard InChI is InChI=1S/C26H32N6O3S/c1-18-16-26(2,3)32(17-18)24-21(11-8-14-27-24)25(33)30-36(34,35)23-13-7-12-22(29-23)28-19-9-6-10-20(15-19)31(4)5/h6-15,18H,16-17H2,1-5H3,(H,28,29)(H,30,33). The molecule has 4 rings (SSSR count). The second-order valence-electron chi connectivity index (χ2n) is 9.97. The molecule has 1 aliphatic rings. The lowest BCUT2D eigenvalue weighted by atomic mass is 9.97. The second-order valence-corrected chi connectivity index (χ2v) is 11.6. The number of carbonyl (C=O) groups is 1. The van der Waals surface area contributed by atoms with Crippen molar-refractivity contribution < 1.29 is 13.2 Å². The van der Waals surface area contributed by atoms with Crippen molar-refractivity contribution in [2.24, 2.45) is 5.92 Å². The van der Waals surface area contributed by atoms with Crippen LogP contribution in [0.5, 0.6) is 0 Å². The van der Waals surface area contributed by atoms with Gasteiger partial charge in [-0.1, -0.05) is 19.1 Å². The van der Waals surface area contributed by atoms with E-state index in [2.05, 4.69) is 45.7 Å². The third-order valence-electron chi connectivity index (χ3n) is 6.22. The average Bonchev–Trinajstić information content (AvgIpc) is 3.10. The zero-order valence-corrected chi connectivity index (χ0v) is 22.0. The minimum Gasteiger partial charge on any atom is -0.378 e. The summed E-state index contributed by atoms with van der Waals surface area (Å²) in [6.45, 7) is 7.08. The molecule has 1 fully saturated rings. The summed E-state index contributed by atoms with van der Waals surface area (Å²) >= 11 is 0. The molecule has 2 N–H and O–H groups in total. The van der Waals surface area contributed by atoms with Gasteiger partial charge in [-0.3, -0.25) is 4.79 Å². The number of rotatable bonds is 7. The maximum Gasteiger partial charge on any atom is 0.281 e. The van der Waals surface area contributed by atoms with Crippen molar-refractivity contribution in [1.29, 1.82) is 0 Å². The summed E-state index contributed by atoms with van der Waals surface area (Å²) in [4.78, 5) is 25.9. The van der Waals surface area contributed by atoms with Crippen molar-refractivity contribution in [3.05, 3.63) is 66.4 Å². The Morgan fingerprint density at radius 2 is 1.86 bits per heavy atom. The van der Waals surface area contributed by atoms with Gasteiger partial charge in [-0.2, -0.15) is 8.42 Å². The first-order valence-corrected chi connectivity index (χ1v) is 13.3. The van der Waals surface area contributed by atoms with Crippen molar-refractivity contribution in [3.8, 4) is 0 Å². The van der Waals surface area contributed by atoms with E-state index in [1.807, 2.05) is 43.3 Å². The van der Waals surface area contributed by atoms with E-state index in [4.69, 9.17) is 0 Å². The lowest BCUT2D eigenvalue weighted by Crippen LogP contribution is -2.41. The van der Waals surface area contributed by atoms with E-state index in [1.54, 1.807) is 30.5 Å². The zero-order valence-electron chi connectivity index (χ0n) is 21.2. The number of hydrogen-bond donors (Lipinski definition) is 2. The number of pyridine rings is 2. The minimum atomic E-state index is -4.23. The van der Waals surface area contributed by atoms with Crippen molar-refractivity contribution in [2.75, 3.05) is 35.8 Å². The number of hydrogen-bond acceptors (Lipinski definition) is 8. The van der Waals surface area contributed by atoms with Gasteiger partial charge in [0.2, 0.25) is 0 Å². The smallest absolute Gasteiger partial charge is 0.281 e. The lowest BCUT2D eigenvalue weighted by molar-refractivity contribution is 0.0981. The van der Waals surface area contributed by atoms with Gasteiger partial charge < -0.3 is 15.1 Å². The van der Waals surface area contributed by atoms with Gasteiger partial charge in [0.1, 0.15) is 11.6 Å². The van der Waals surface area contributed by atoms with E-state index in [9.17, 15) is 13.2 Å². The van der Waals surface area contributed by atoms with Gasteiger partial charge in [0.25, 0.3) is 15.9 Å². The quantitative estimate of drug-likeness (QED) is 0.493. The maximum absolute atomic E-state index is 13.2. The molecule has 0 spiro atoms. The Kier molecular flexibility index (Phi) is 6.90. The summed E-state index contributed by atoms with van der Waals surface area (Å²) in [6.07, 6.45) is 2.56. The molecule has 0 aliphatic carbocycles. The van der Waals surface area contributed by atoms with Crippen LogP contribution in [-0.4, -0.2) is 50.5 Å². The van der Waals surface area contributed by atoms with Crippen LogP contribution in [0, 0.1) is 5.92 Å². The number of sulfonamides is 1. The molecule has 0 bridgehead atoms. The molecule has 1 aliphatic heterocycles. The molecule has 9 nitrogen and oxygen atoms in total. The SMILES string of the molecule is CC1CN(c2ncccc2C(=O)NS(=O)(=O)c2cccc(Nc3cccc(N(C)C)c3)n2)C(C)(C)C1. The van der Waals surface area contributed by atoms with E-state index >= 15 is 0 Å². The highest BCUT2D eigenvalue weighted by Gasteiger charge is 2.39. The Morgan fingerprint density at radius 3 is 2.56 bits per heavy atom. The lowest BCUT2D eigenvalue weighted by Gasteiger charge is -2.33.